The summed E-state index contributed by atoms with van der Waals surface area (Å²) in [6, 6.07) is 7.48. The highest BCUT2D eigenvalue weighted by Crippen LogP contribution is 2.15. The van der Waals surface area contributed by atoms with Crippen molar-refractivity contribution < 1.29 is 4.39 Å². The number of hydrogen-bond acceptors (Lipinski definition) is 1. The van der Waals surface area contributed by atoms with Crippen molar-refractivity contribution in [2.75, 3.05) is 0 Å². The van der Waals surface area contributed by atoms with Crippen LogP contribution in [0, 0.1) is 6.92 Å². The second kappa shape index (κ2) is 3.13. The number of aryl methyl sites for hydroxylation is 1. The van der Waals surface area contributed by atoms with Gasteiger partial charge in [-0.25, -0.2) is 4.39 Å². The van der Waals surface area contributed by atoms with Crippen molar-refractivity contribution in [3.63, 3.8) is 0 Å². The molecule has 2 heteroatoms. The van der Waals surface area contributed by atoms with E-state index in [1.54, 1.807) is 6.07 Å². The van der Waals surface area contributed by atoms with E-state index >= 15 is 0 Å². The molecule has 1 aromatic carbocycles. The van der Waals surface area contributed by atoms with Gasteiger partial charge in [-0.2, -0.15) is 0 Å². The highest BCUT2D eigenvalue weighted by atomic mass is 19.1. The Morgan fingerprint density at radius 3 is 2.92 bits per heavy atom. The molecule has 0 atom stereocenters. The Morgan fingerprint density at radius 2 is 2.15 bits per heavy atom. The van der Waals surface area contributed by atoms with Gasteiger partial charge in [0.1, 0.15) is 6.67 Å². The largest absolute Gasteiger partial charge is 0.256 e. The second-order valence-electron chi connectivity index (χ2n) is 3.17. The summed E-state index contributed by atoms with van der Waals surface area (Å²) >= 11 is 0. The van der Waals surface area contributed by atoms with Crippen molar-refractivity contribution in [3.8, 4) is 0 Å². The van der Waals surface area contributed by atoms with Crippen LogP contribution in [0.25, 0.3) is 10.9 Å². The van der Waals surface area contributed by atoms with Crippen LogP contribution < -0.4 is 0 Å². The Labute approximate surface area is 76.2 Å². The minimum atomic E-state index is -0.413. The summed E-state index contributed by atoms with van der Waals surface area (Å²) < 4.78 is 12.3. The van der Waals surface area contributed by atoms with Gasteiger partial charge in [0.15, 0.2) is 0 Å². The maximum Gasteiger partial charge on any atom is 0.115 e. The third-order valence-electron chi connectivity index (χ3n) is 2.04. The van der Waals surface area contributed by atoms with Gasteiger partial charge in [0.2, 0.25) is 0 Å². The smallest absolute Gasteiger partial charge is 0.115 e. The van der Waals surface area contributed by atoms with E-state index in [9.17, 15) is 4.39 Å². The van der Waals surface area contributed by atoms with Crippen LogP contribution in [0.15, 0.2) is 30.5 Å². The Hall–Kier alpha value is -1.44. The second-order valence-corrected chi connectivity index (χ2v) is 3.17. The number of halogens is 1. The number of pyridine rings is 1. The lowest BCUT2D eigenvalue weighted by molar-refractivity contribution is 0.485. The minimum absolute atomic E-state index is 0.413. The molecule has 0 fully saturated rings. The molecule has 0 bridgehead atoms. The average molecular weight is 175 g/mol. The van der Waals surface area contributed by atoms with Crippen LogP contribution in [0.4, 0.5) is 4.39 Å². The summed E-state index contributed by atoms with van der Waals surface area (Å²) in [6.45, 7) is 1.57. The molecule has 13 heavy (non-hydrogen) atoms. The van der Waals surface area contributed by atoms with Gasteiger partial charge < -0.3 is 0 Å². The monoisotopic (exact) mass is 175 g/mol. The van der Waals surface area contributed by atoms with E-state index in [0.717, 1.165) is 16.5 Å². The zero-order valence-electron chi connectivity index (χ0n) is 7.42. The standard InChI is InChI=1S/C11H10FN/c1-8-4-10-5-9(6-12)2-3-11(10)13-7-8/h2-5,7H,6H2,1H3. The molecule has 2 aromatic rings. The molecule has 66 valence electrons. The SMILES string of the molecule is Cc1cnc2ccc(CF)cc2c1. The van der Waals surface area contributed by atoms with Crippen molar-refractivity contribution in [1.29, 1.82) is 0 Å². The number of benzene rings is 1. The lowest BCUT2D eigenvalue weighted by Gasteiger charge is -2.00. The molecule has 0 saturated heterocycles. The minimum Gasteiger partial charge on any atom is -0.256 e. The van der Waals surface area contributed by atoms with Crippen LogP contribution in [0.5, 0.6) is 0 Å². The van der Waals surface area contributed by atoms with Gasteiger partial charge in [0.05, 0.1) is 5.52 Å². The fourth-order valence-corrected chi connectivity index (χ4v) is 1.37. The molecule has 0 aliphatic rings. The Bertz CT molecular complexity index is 437. The molecule has 0 saturated carbocycles. The first-order chi connectivity index (χ1) is 6.29. The van der Waals surface area contributed by atoms with E-state index in [4.69, 9.17) is 0 Å². The third-order valence-corrected chi connectivity index (χ3v) is 2.04. The molecule has 1 aromatic heterocycles. The lowest BCUT2D eigenvalue weighted by atomic mass is 10.1. The predicted octanol–water partition coefficient (Wildman–Crippen LogP) is 3.01. The van der Waals surface area contributed by atoms with E-state index in [0.29, 0.717) is 5.56 Å². The zero-order valence-corrected chi connectivity index (χ0v) is 7.42. The lowest BCUT2D eigenvalue weighted by Crippen LogP contribution is -1.83. The third kappa shape index (κ3) is 1.52. The van der Waals surface area contributed by atoms with Gasteiger partial charge in [-0.3, -0.25) is 4.98 Å². The van der Waals surface area contributed by atoms with E-state index in [1.165, 1.54) is 0 Å². The molecule has 0 aliphatic heterocycles. The van der Waals surface area contributed by atoms with Crippen LogP contribution in [0.3, 0.4) is 0 Å². The van der Waals surface area contributed by atoms with Gasteiger partial charge >= 0.3 is 0 Å². The maximum absolute atomic E-state index is 12.3. The Kier molecular flexibility index (Phi) is 1.97. The normalized spacial score (nSPS) is 10.6. The molecule has 2 rings (SSSR count). The van der Waals surface area contributed by atoms with Crippen LogP contribution in [-0.4, -0.2) is 4.98 Å². The van der Waals surface area contributed by atoms with Gasteiger partial charge in [-0.05, 0) is 36.2 Å². The first-order valence-electron chi connectivity index (χ1n) is 4.21. The van der Waals surface area contributed by atoms with Crippen LogP contribution in [0.2, 0.25) is 0 Å². The van der Waals surface area contributed by atoms with Gasteiger partial charge in [0.25, 0.3) is 0 Å². The number of rotatable bonds is 1. The summed E-state index contributed by atoms with van der Waals surface area (Å²) in [5, 5.41) is 1.01. The quantitative estimate of drug-likeness (QED) is 0.649. The van der Waals surface area contributed by atoms with Gasteiger partial charge in [0, 0.05) is 11.6 Å². The molecule has 0 N–H and O–H groups in total. The molecule has 1 nitrogen and oxygen atoms in total. The van der Waals surface area contributed by atoms with Crippen molar-refractivity contribution >= 4 is 10.9 Å². The van der Waals surface area contributed by atoms with Crippen LogP contribution in [-0.2, 0) is 6.67 Å². The summed E-state index contributed by atoms with van der Waals surface area (Å²) in [5.41, 5.74) is 2.73. The molecule has 0 radical (unpaired) electrons. The summed E-state index contributed by atoms with van der Waals surface area (Å²) in [6.07, 6.45) is 1.82. The number of nitrogens with zero attached hydrogens (tertiary/aromatic N) is 1. The molecule has 1 heterocycles. The highest BCUT2D eigenvalue weighted by molar-refractivity contribution is 5.79. The van der Waals surface area contributed by atoms with E-state index in [2.05, 4.69) is 4.98 Å². The van der Waals surface area contributed by atoms with Crippen molar-refractivity contribution in [3.05, 3.63) is 41.6 Å². The zero-order chi connectivity index (χ0) is 9.26. The highest BCUT2D eigenvalue weighted by Gasteiger charge is 1.97. The number of alkyl halides is 1. The molecule has 0 aliphatic carbocycles. The predicted molar refractivity (Wildman–Crippen MR) is 51.3 cm³/mol. The fraction of sp³-hybridized carbons (Fsp3) is 0.182. The van der Waals surface area contributed by atoms with E-state index in [-0.39, 0.29) is 0 Å². The average Bonchev–Trinajstić information content (AvgIpc) is 2.16. The molecule has 0 spiro atoms. The summed E-state index contributed by atoms with van der Waals surface area (Å²) in [5.74, 6) is 0. The molecule has 0 unspecified atom stereocenters. The van der Waals surface area contributed by atoms with Crippen LogP contribution >= 0.6 is 0 Å². The first kappa shape index (κ1) is 8.17. The molecular formula is C11H10FN. The van der Waals surface area contributed by atoms with Crippen molar-refractivity contribution in [2.24, 2.45) is 0 Å². The van der Waals surface area contributed by atoms with Crippen LogP contribution in [0.1, 0.15) is 11.1 Å². The van der Waals surface area contributed by atoms with E-state index in [1.807, 2.05) is 31.3 Å². The number of hydrogen-bond donors (Lipinski definition) is 0. The first-order valence-corrected chi connectivity index (χ1v) is 4.21. The maximum atomic E-state index is 12.3. The number of fused-ring (bicyclic) bond motifs is 1. The molecular weight excluding hydrogens is 165 g/mol. The Balaban J connectivity index is 2.68. The topological polar surface area (TPSA) is 12.9 Å². The number of aromatic nitrogens is 1. The fourth-order valence-electron chi connectivity index (χ4n) is 1.37. The summed E-state index contributed by atoms with van der Waals surface area (Å²) in [4.78, 5) is 4.23. The van der Waals surface area contributed by atoms with Crippen molar-refractivity contribution in [2.45, 2.75) is 13.6 Å². The Morgan fingerprint density at radius 1 is 1.31 bits per heavy atom. The van der Waals surface area contributed by atoms with Crippen molar-refractivity contribution in [1.82, 2.24) is 4.98 Å². The summed E-state index contributed by atoms with van der Waals surface area (Å²) in [7, 11) is 0. The van der Waals surface area contributed by atoms with Gasteiger partial charge in [-0.1, -0.05) is 6.07 Å². The molecule has 0 amide bonds. The van der Waals surface area contributed by atoms with E-state index < -0.39 is 6.67 Å². The van der Waals surface area contributed by atoms with Gasteiger partial charge in [-0.15, -0.1) is 0 Å².